The van der Waals surface area contributed by atoms with Gasteiger partial charge in [0.05, 0.1) is 11.6 Å². The van der Waals surface area contributed by atoms with E-state index in [-0.39, 0.29) is 24.4 Å². The summed E-state index contributed by atoms with van der Waals surface area (Å²) < 4.78 is 39.2. The minimum absolute atomic E-state index is 0.0342. The van der Waals surface area contributed by atoms with Gasteiger partial charge in [0.25, 0.3) is 0 Å². The number of benzene rings is 2. The molecule has 0 saturated carbocycles. The van der Waals surface area contributed by atoms with Crippen LogP contribution in [0.4, 0.5) is 8.78 Å². The summed E-state index contributed by atoms with van der Waals surface area (Å²) in [6.07, 6.45) is 0.684. The normalized spacial score (nSPS) is 17.7. The Balaban J connectivity index is 1.54. The van der Waals surface area contributed by atoms with Crippen LogP contribution >= 0.6 is 0 Å². The molecule has 156 valence electrons. The Morgan fingerprint density at radius 3 is 2.73 bits per heavy atom. The van der Waals surface area contributed by atoms with Gasteiger partial charge in [-0.3, -0.25) is 4.79 Å². The zero-order valence-electron chi connectivity index (χ0n) is 16.2. The van der Waals surface area contributed by atoms with Crippen LogP contribution in [-0.2, 0) is 22.6 Å². The molecule has 0 aromatic heterocycles. The minimum atomic E-state index is -1.09. The first-order chi connectivity index (χ1) is 14.4. The molecule has 0 radical (unpaired) electrons. The molecule has 2 aliphatic rings. The smallest absolute Gasteiger partial charge is 0.241 e. The lowest BCUT2D eigenvalue weighted by atomic mass is 9.89. The fourth-order valence-electron chi connectivity index (χ4n) is 3.80. The monoisotopic (exact) mass is 413 g/mol. The Hall–Kier alpha value is -3.02. The highest BCUT2D eigenvalue weighted by atomic mass is 19.1. The number of carbonyl (C=O) groups is 1. The molecule has 1 atom stereocenters. The maximum absolute atomic E-state index is 14.8. The van der Waals surface area contributed by atoms with Crippen molar-refractivity contribution in [3.05, 3.63) is 53.1 Å². The molecule has 2 aliphatic heterocycles. The van der Waals surface area contributed by atoms with Crippen LogP contribution in [0.2, 0.25) is 0 Å². The zero-order chi connectivity index (χ0) is 21.3. The molecule has 1 amide bonds. The first-order valence-corrected chi connectivity index (χ1v) is 9.71. The summed E-state index contributed by atoms with van der Waals surface area (Å²) >= 11 is 0. The highest BCUT2D eigenvalue weighted by molar-refractivity contribution is 5.86. The van der Waals surface area contributed by atoms with Crippen molar-refractivity contribution in [3.63, 3.8) is 0 Å². The van der Waals surface area contributed by atoms with Crippen molar-refractivity contribution in [1.82, 2.24) is 5.32 Å². The maximum Gasteiger partial charge on any atom is 0.241 e. The van der Waals surface area contributed by atoms with Crippen LogP contribution in [0, 0.1) is 23.0 Å². The van der Waals surface area contributed by atoms with Gasteiger partial charge in [-0.25, -0.2) is 8.78 Å². The molecule has 0 bridgehead atoms. The molecule has 2 heterocycles. The first kappa shape index (κ1) is 20.3. The zero-order valence-corrected chi connectivity index (χ0v) is 16.2. The van der Waals surface area contributed by atoms with Gasteiger partial charge in [0.2, 0.25) is 5.91 Å². The van der Waals surface area contributed by atoms with Gasteiger partial charge in [-0.1, -0.05) is 6.07 Å². The summed E-state index contributed by atoms with van der Waals surface area (Å²) in [7, 11) is 0. The maximum atomic E-state index is 14.8. The van der Waals surface area contributed by atoms with Crippen LogP contribution in [0.3, 0.4) is 0 Å². The van der Waals surface area contributed by atoms with E-state index in [0.29, 0.717) is 48.5 Å². The quantitative estimate of drug-likeness (QED) is 0.803. The highest BCUT2D eigenvalue weighted by Gasteiger charge is 2.37. The number of hydrogen-bond acceptors (Lipinski definition) is 5. The number of hydrogen-bond donors (Lipinski definition) is 2. The van der Waals surface area contributed by atoms with Crippen LogP contribution < -0.4 is 15.8 Å². The molecule has 0 spiro atoms. The summed E-state index contributed by atoms with van der Waals surface area (Å²) in [6, 6.07) is 8.18. The Morgan fingerprint density at radius 1 is 1.23 bits per heavy atom. The second-order valence-corrected chi connectivity index (χ2v) is 7.66. The molecule has 3 N–H and O–H groups in total. The standard InChI is InChI=1S/C22H21F2N3O3/c23-15-1-2-17-14(7-15)12-30-20-9-13(19(24)10-18(17)20)8-16(11-25)27-21(28)22(26)3-5-29-6-4-22/h1-2,7,9-10,16H,3-6,8,12,26H2,(H,27,28)/t16-/m0/s1. The third kappa shape index (κ3) is 3.86. The largest absolute Gasteiger partial charge is 0.488 e. The van der Waals surface area contributed by atoms with E-state index < -0.39 is 23.3 Å². The Kier molecular flexibility index (Phi) is 5.41. The summed E-state index contributed by atoms with van der Waals surface area (Å²) in [5.74, 6) is -0.901. The summed E-state index contributed by atoms with van der Waals surface area (Å²) in [5.41, 5.74) is 7.17. The van der Waals surface area contributed by atoms with Gasteiger partial charge in [0.15, 0.2) is 0 Å². The molecular formula is C22H21F2N3O3. The lowest BCUT2D eigenvalue weighted by Crippen LogP contribution is -2.58. The van der Waals surface area contributed by atoms with Crippen LogP contribution in [0.25, 0.3) is 11.1 Å². The summed E-state index contributed by atoms with van der Waals surface area (Å²) in [5, 5.41) is 12.1. The van der Waals surface area contributed by atoms with Gasteiger partial charge in [-0.05, 0) is 48.2 Å². The van der Waals surface area contributed by atoms with E-state index in [1.807, 2.05) is 6.07 Å². The molecular weight excluding hydrogens is 392 g/mol. The lowest BCUT2D eigenvalue weighted by molar-refractivity contribution is -0.130. The van der Waals surface area contributed by atoms with Crippen molar-refractivity contribution >= 4 is 5.91 Å². The van der Waals surface area contributed by atoms with Gasteiger partial charge < -0.3 is 20.5 Å². The molecule has 0 aliphatic carbocycles. The van der Waals surface area contributed by atoms with Gasteiger partial charge >= 0.3 is 0 Å². The number of amides is 1. The van der Waals surface area contributed by atoms with Crippen molar-refractivity contribution in [1.29, 1.82) is 5.26 Å². The van der Waals surface area contributed by atoms with Crippen LogP contribution in [0.1, 0.15) is 24.0 Å². The lowest BCUT2D eigenvalue weighted by Gasteiger charge is -2.32. The SMILES string of the molecule is N#C[C@H](Cc1cc2c(cc1F)-c1ccc(F)cc1CO2)NC(=O)C1(N)CCOCC1. The van der Waals surface area contributed by atoms with Gasteiger partial charge in [0, 0.05) is 30.8 Å². The number of halogens is 2. The van der Waals surface area contributed by atoms with Crippen molar-refractivity contribution < 1.29 is 23.0 Å². The molecule has 6 nitrogen and oxygen atoms in total. The molecule has 1 fully saturated rings. The molecule has 2 aromatic rings. The second kappa shape index (κ2) is 8.01. The third-order valence-corrected chi connectivity index (χ3v) is 5.61. The van der Waals surface area contributed by atoms with E-state index in [9.17, 15) is 18.8 Å². The number of carbonyl (C=O) groups excluding carboxylic acids is 1. The molecule has 8 heteroatoms. The predicted octanol–water partition coefficient (Wildman–Crippen LogP) is 2.58. The van der Waals surface area contributed by atoms with E-state index in [4.69, 9.17) is 15.2 Å². The summed E-state index contributed by atoms with van der Waals surface area (Å²) in [6.45, 7) is 0.925. The molecule has 30 heavy (non-hydrogen) atoms. The molecule has 1 saturated heterocycles. The number of rotatable bonds is 4. The Morgan fingerprint density at radius 2 is 2.00 bits per heavy atom. The Labute approximate surface area is 172 Å². The van der Waals surface area contributed by atoms with Crippen molar-refractivity contribution in [2.45, 2.75) is 37.5 Å². The van der Waals surface area contributed by atoms with E-state index in [0.717, 1.165) is 0 Å². The highest BCUT2D eigenvalue weighted by Crippen LogP contribution is 2.39. The number of nitrogens with two attached hydrogens (primary N) is 1. The number of nitrogens with zero attached hydrogens (tertiary/aromatic N) is 1. The van der Waals surface area contributed by atoms with Crippen molar-refractivity contribution in [3.8, 4) is 22.9 Å². The van der Waals surface area contributed by atoms with E-state index in [2.05, 4.69) is 5.32 Å². The summed E-state index contributed by atoms with van der Waals surface area (Å²) in [4.78, 5) is 12.6. The van der Waals surface area contributed by atoms with Crippen molar-refractivity contribution in [2.75, 3.05) is 13.2 Å². The molecule has 4 rings (SSSR count). The average Bonchev–Trinajstić information content (AvgIpc) is 2.74. The number of fused-ring (bicyclic) bond motifs is 3. The van der Waals surface area contributed by atoms with E-state index >= 15 is 0 Å². The van der Waals surface area contributed by atoms with E-state index in [1.165, 1.54) is 24.3 Å². The van der Waals surface area contributed by atoms with Crippen LogP contribution in [0.15, 0.2) is 30.3 Å². The number of ether oxygens (including phenoxy) is 2. The third-order valence-electron chi connectivity index (χ3n) is 5.61. The topological polar surface area (TPSA) is 97.4 Å². The Bertz CT molecular complexity index is 1030. The fraction of sp³-hybridized carbons (Fsp3) is 0.364. The first-order valence-electron chi connectivity index (χ1n) is 9.71. The number of nitriles is 1. The van der Waals surface area contributed by atoms with Gasteiger partial charge in [-0.2, -0.15) is 5.26 Å². The van der Waals surface area contributed by atoms with Crippen molar-refractivity contribution in [2.24, 2.45) is 5.73 Å². The number of nitrogens with one attached hydrogen (secondary N) is 1. The fourth-order valence-corrected chi connectivity index (χ4v) is 3.80. The molecule has 2 aromatic carbocycles. The average molecular weight is 413 g/mol. The van der Waals surface area contributed by atoms with Crippen LogP contribution in [0.5, 0.6) is 5.75 Å². The minimum Gasteiger partial charge on any atom is -0.488 e. The van der Waals surface area contributed by atoms with Crippen LogP contribution in [-0.4, -0.2) is 30.7 Å². The van der Waals surface area contributed by atoms with E-state index in [1.54, 1.807) is 6.07 Å². The second-order valence-electron chi connectivity index (χ2n) is 7.66. The molecule has 0 unspecified atom stereocenters. The predicted molar refractivity (Wildman–Crippen MR) is 104 cm³/mol. The van der Waals surface area contributed by atoms with Gasteiger partial charge in [-0.15, -0.1) is 0 Å². The van der Waals surface area contributed by atoms with Gasteiger partial charge in [0.1, 0.15) is 30.0 Å².